The molecule has 1 fully saturated rings. The maximum Gasteiger partial charge on any atom is 0.157 e. The number of halogens is 1. The third-order valence-corrected chi connectivity index (χ3v) is 4.03. The highest BCUT2D eigenvalue weighted by Crippen LogP contribution is 2.32. The van der Waals surface area contributed by atoms with Crippen LogP contribution >= 0.6 is 11.6 Å². The summed E-state index contributed by atoms with van der Waals surface area (Å²) in [5.74, 6) is 0.886. The first kappa shape index (κ1) is 13.2. The first-order chi connectivity index (χ1) is 9.79. The van der Waals surface area contributed by atoms with Crippen molar-refractivity contribution in [2.75, 3.05) is 30.4 Å². The topological polar surface area (TPSA) is 58.9 Å². The van der Waals surface area contributed by atoms with E-state index in [1.165, 1.54) is 6.33 Å². The van der Waals surface area contributed by atoms with Gasteiger partial charge >= 0.3 is 0 Å². The van der Waals surface area contributed by atoms with E-state index in [2.05, 4.69) is 29.7 Å². The summed E-state index contributed by atoms with van der Waals surface area (Å²) in [5, 5.41) is 3.55. The van der Waals surface area contributed by atoms with Gasteiger partial charge in [0, 0.05) is 38.6 Å². The normalized spacial score (nSPS) is 16.4. The number of anilines is 2. The molecule has 0 radical (unpaired) electrons. The molecule has 1 N–H and O–H groups in total. The Morgan fingerprint density at radius 2 is 2.10 bits per heavy atom. The minimum absolute atomic E-state index is 0.467. The van der Waals surface area contributed by atoms with Crippen LogP contribution in [0.2, 0.25) is 5.15 Å². The number of nitrogens with zero attached hydrogens (tertiary/aromatic N) is 5. The van der Waals surface area contributed by atoms with Gasteiger partial charge in [-0.15, -0.1) is 0 Å². The maximum absolute atomic E-state index is 6.11. The number of piperidine rings is 1. The fourth-order valence-corrected chi connectivity index (χ4v) is 2.89. The van der Waals surface area contributed by atoms with E-state index in [0.29, 0.717) is 11.2 Å². The van der Waals surface area contributed by atoms with Crippen LogP contribution in [-0.4, -0.2) is 39.7 Å². The summed E-state index contributed by atoms with van der Waals surface area (Å²) in [7, 11) is 1.84. The van der Waals surface area contributed by atoms with Crippen molar-refractivity contribution in [3.05, 3.63) is 30.2 Å². The van der Waals surface area contributed by atoms with Crippen LogP contribution in [-0.2, 0) is 0 Å². The highest BCUT2D eigenvalue weighted by molar-refractivity contribution is 6.32. The van der Waals surface area contributed by atoms with Gasteiger partial charge in [-0.25, -0.2) is 15.0 Å². The van der Waals surface area contributed by atoms with Crippen LogP contribution in [0.3, 0.4) is 0 Å². The number of hydrogen-bond donors (Lipinski definition) is 1. The van der Waals surface area contributed by atoms with Gasteiger partial charge < -0.3 is 14.8 Å². The van der Waals surface area contributed by atoms with Crippen LogP contribution in [0.4, 0.5) is 11.5 Å². The Morgan fingerprint density at radius 3 is 2.75 bits per heavy atom. The molecule has 0 aliphatic carbocycles. The summed E-state index contributed by atoms with van der Waals surface area (Å²) in [6, 6.07) is 0.518. The molecule has 0 spiro atoms. The third kappa shape index (κ3) is 2.43. The number of nitrogens with one attached hydrogen (secondary N) is 1. The standard InChI is InChI=1S/C13H17ClN6/c1-15-11-12(14)17-8-18-13(11)19-5-2-10(3-6-19)20-7-4-16-9-20/h4,7-10,15H,2-3,5-6H2,1H3. The van der Waals surface area contributed by atoms with E-state index in [4.69, 9.17) is 11.6 Å². The smallest absolute Gasteiger partial charge is 0.157 e. The van der Waals surface area contributed by atoms with Gasteiger partial charge in [0.15, 0.2) is 11.0 Å². The zero-order valence-electron chi connectivity index (χ0n) is 11.3. The van der Waals surface area contributed by atoms with Crippen molar-refractivity contribution in [2.24, 2.45) is 0 Å². The molecular weight excluding hydrogens is 276 g/mol. The molecule has 0 atom stereocenters. The van der Waals surface area contributed by atoms with Gasteiger partial charge in [0.2, 0.25) is 0 Å². The molecule has 0 saturated carbocycles. The van der Waals surface area contributed by atoms with Crippen molar-refractivity contribution in [3.8, 4) is 0 Å². The predicted octanol–water partition coefficient (Wildman–Crippen LogP) is 2.21. The van der Waals surface area contributed by atoms with Crippen LogP contribution in [0.5, 0.6) is 0 Å². The third-order valence-electron chi connectivity index (χ3n) is 3.74. The summed E-state index contributed by atoms with van der Waals surface area (Å²) in [6.07, 6.45) is 9.40. The van der Waals surface area contributed by atoms with E-state index >= 15 is 0 Å². The molecule has 0 aromatic carbocycles. The van der Waals surface area contributed by atoms with E-state index in [1.54, 1.807) is 0 Å². The first-order valence-corrected chi connectivity index (χ1v) is 7.08. The minimum Gasteiger partial charge on any atom is -0.383 e. The van der Waals surface area contributed by atoms with Gasteiger partial charge in [0.1, 0.15) is 12.0 Å². The molecule has 1 aliphatic rings. The van der Waals surface area contributed by atoms with Gasteiger partial charge in [0.25, 0.3) is 0 Å². The highest BCUT2D eigenvalue weighted by atomic mass is 35.5. The second kappa shape index (κ2) is 5.66. The molecule has 2 aromatic rings. The van der Waals surface area contributed by atoms with Gasteiger partial charge in [-0.1, -0.05) is 11.6 Å². The Balaban J connectivity index is 1.74. The molecule has 0 unspecified atom stereocenters. The van der Waals surface area contributed by atoms with Crippen LogP contribution < -0.4 is 10.2 Å². The maximum atomic E-state index is 6.11. The zero-order chi connectivity index (χ0) is 13.9. The van der Waals surface area contributed by atoms with Gasteiger partial charge in [-0.3, -0.25) is 0 Å². The monoisotopic (exact) mass is 292 g/mol. The molecule has 7 heteroatoms. The zero-order valence-corrected chi connectivity index (χ0v) is 12.1. The summed E-state index contributed by atoms with van der Waals surface area (Å²) < 4.78 is 2.18. The molecule has 20 heavy (non-hydrogen) atoms. The van der Waals surface area contributed by atoms with Gasteiger partial charge in [0.05, 0.1) is 6.33 Å². The lowest BCUT2D eigenvalue weighted by atomic mass is 10.0. The Labute approximate surface area is 122 Å². The lowest BCUT2D eigenvalue weighted by Crippen LogP contribution is -2.35. The quantitative estimate of drug-likeness (QED) is 0.879. The second-order valence-electron chi connectivity index (χ2n) is 4.84. The molecule has 1 aliphatic heterocycles. The lowest BCUT2D eigenvalue weighted by molar-refractivity contribution is 0.395. The highest BCUT2D eigenvalue weighted by Gasteiger charge is 2.23. The fourth-order valence-electron chi connectivity index (χ4n) is 2.67. The molecule has 0 amide bonds. The molecule has 1 saturated heterocycles. The van der Waals surface area contributed by atoms with E-state index in [0.717, 1.165) is 37.4 Å². The SMILES string of the molecule is CNc1c(Cl)ncnc1N1CCC(n2ccnc2)CC1. The lowest BCUT2D eigenvalue weighted by Gasteiger charge is -2.34. The Hall–Kier alpha value is -1.82. The van der Waals surface area contributed by atoms with E-state index in [1.807, 2.05) is 25.8 Å². The van der Waals surface area contributed by atoms with Gasteiger partial charge in [-0.2, -0.15) is 0 Å². The molecular formula is C13H17ClN6. The van der Waals surface area contributed by atoms with Crippen molar-refractivity contribution in [2.45, 2.75) is 18.9 Å². The number of rotatable bonds is 3. The number of hydrogen-bond acceptors (Lipinski definition) is 5. The molecule has 6 nitrogen and oxygen atoms in total. The van der Waals surface area contributed by atoms with Crippen LogP contribution in [0.1, 0.15) is 18.9 Å². The van der Waals surface area contributed by atoms with E-state index in [-0.39, 0.29) is 0 Å². The van der Waals surface area contributed by atoms with Crippen molar-refractivity contribution in [1.82, 2.24) is 19.5 Å². The summed E-state index contributed by atoms with van der Waals surface area (Å²) in [6.45, 7) is 1.90. The molecule has 3 heterocycles. The van der Waals surface area contributed by atoms with E-state index in [9.17, 15) is 0 Å². The molecule has 106 valence electrons. The Bertz CT molecular complexity index is 562. The van der Waals surface area contributed by atoms with Crippen molar-refractivity contribution >= 4 is 23.1 Å². The minimum atomic E-state index is 0.467. The number of imidazole rings is 1. The predicted molar refractivity (Wildman–Crippen MR) is 79.3 cm³/mol. The van der Waals surface area contributed by atoms with Crippen LogP contribution in [0, 0.1) is 0 Å². The average Bonchev–Trinajstić information content (AvgIpc) is 3.01. The summed E-state index contributed by atoms with van der Waals surface area (Å²) in [4.78, 5) is 14.8. The summed E-state index contributed by atoms with van der Waals surface area (Å²) in [5.41, 5.74) is 0.801. The Morgan fingerprint density at radius 1 is 1.30 bits per heavy atom. The number of aromatic nitrogens is 4. The van der Waals surface area contributed by atoms with Crippen LogP contribution in [0.25, 0.3) is 0 Å². The van der Waals surface area contributed by atoms with Crippen molar-refractivity contribution in [3.63, 3.8) is 0 Å². The largest absolute Gasteiger partial charge is 0.383 e. The van der Waals surface area contributed by atoms with E-state index < -0.39 is 0 Å². The Kier molecular flexibility index (Phi) is 3.73. The fraction of sp³-hybridized carbons (Fsp3) is 0.462. The van der Waals surface area contributed by atoms with Crippen LogP contribution in [0.15, 0.2) is 25.0 Å². The molecule has 3 rings (SSSR count). The average molecular weight is 293 g/mol. The van der Waals surface area contributed by atoms with Crippen molar-refractivity contribution < 1.29 is 0 Å². The summed E-state index contributed by atoms with van der Waals surface area (Å²) >= 11 is 6.11. The second-order valence-corrected chi connectivity index (χ2v) is 5.20. The van der Waals surface area contributed by atoms with Gasteiger partial charge in [-0.05, 0) is 12.8 Å². The molecule has 2 aromatic heterocycles. The molecule has 0 bridgehead atoms. The van der Waals surface area contributed by atoms with Crippen molar-refractivity contribution in [1.29, 1.82) is 0 Å². The first-order valence-electron chi connectivity index (χ1n) is 6.70.